The summed E-state index contributed by atoms with van der Waals surface area (Å²) in [6, 6.07) is 13.9. The van der Waals surface area contributed by atoms with Crippen LogP contribution in [-0.4, -0.2) is 44.8 Å². The van der Waals surface area contributed by atoms with Crippen LogP contribution in [0.3, 0.4) is 0 Å². The second-order valence-electron chi connectivity index (χ2n) is 7.78. The van der Waals surface area contributed by atoms with Gasteiger partial charge in [-0.25, -0.2) is 13.1 Å². The lowest BCUT2D eigenvalue weighted by atomic mass is 9.83. The molecule has 8 nitrogen and oxygen atoms in total. The molecule has 0 amide bonds. The van der Waals surface area contributed by atoms with E-state index in [1.54, 1.807) is 36.4 Å². The second-order valence-corrected chi connectivity index (χ2v) is 10.7. The molecule has 0 spiro atoms. The van der Waals surface area contributed by atoms with Crippen LogP contribution in [0.15, 0.2) is 69.3 Å². The van der Waals surface area contributed by atoms with E-state index < -0.39 is 21.6 Å². The Kier molecular flexibility index (Phi) is 7.27. The van der Waals surface area contributed by atoms with Gasteiger partial charge >= 0.3 is 0 Å². The van der Waals surface area contributed by atoms with Gasteiger partial charge in [-0.2, -0.15) is 0 Å². The van der Waals surface area contributed by atoms with Crippen molar-refractivity contribution in [3.8, 4) is 5.75 Å². The average Bonchev–Trinajstić information content (AvgIpc) is 2.84. The maximum atomic E-state index is 13.1. The number of phenols is 1. The first kappa shape index (κ1) is 24.9. The molecule has 4 N–H and O–H groups in total. The Morgan fingerprint density at radius 1 is 1.00 bits per heavy atom. The Bertz CT molecular complexity index is 1400. The zero-order valence-electron chi connectivity index (χ0n) is 18.9. The summed E-state index contributed by atoms with van der Waals surface area (Å²) in [6.07, 6.45) is 0.563. The summed E-state index contributed by atoms with van der Waals surface area (Å²) in [5.74, 6) is -1.22. The van der Waals surface area contributed by atoms with Crippen LogP contribution in [0.2, 0.25) is 0 Å². The minimum absolute atomic E-state index is 0.0216. The van der Waals surface area contributed by atoms with Gasteiger partial charge in [-0.05, 0) is 43.7 Å². The SMILES string of the molecule is CCOCCCNS(=O)(=O)c1ccc(Sc2cc(O)c3c(c2N)C(=O)c2ccccc2C3=O)cc1. The smallest absolute Gasteiger partial charge is 0.240 e. The normalized spacial score (nSPS) is 12.9. The van der Waals surface area contributed by atoms with Crippen molar-refractivity contribution in [1.82, 2.24) is 4.72 Å². The lowest BCUT2D eigenvalue weighted by Crippen LogP contribution is -2.25. The number of phenolic OH excluding ortho intramolecular Hbond substituents is 1. The minimum Gasteiger partial charge on any atom is -0.507 e. The zero-order chi connectivity index (χ0) is 25.2. The number of ether oxygens (including phenoxy) is 1. The molecule has 0 atom stereocenters. The molecule has 0 bridgehead atoms. The number of sulfonamides is 1. The van der Waals surface area contributed by atoms with Crippen molar-refractivity contribution < 1.29 is 27.9 Å². The topological polar surface area (TPSA) is 136 Å². The third-order valence-electron chi connectivity index (χ3n) is 5.50. The molecule has 0 fully saturated rings. The summed E-state index contributed by atoms with van der Waals surface area (Å²) in [5, 5.41) is 10.6. The highest BCUT2D eigenvalue weighted by Crippen LogP contribution is 2.43. The number of nitrogen functional groups attached to an aromatic ring is 1. The molecule has 35 heavy (non-hydrogen) atoms. The highest BCUT2D eigenvalue weighted by Gasteiger charge is 2.34. The van der Waals surface area contributed by atoms with Crippen molar-refractivity contribution in [2.75, 3.05) is 25.5 Å². The van der Waals surface area contributed by atoms with E-state index in [1.165, 1.54) is 18.2 Å². The molecule has 0 saturated heterocycles. The number of benzene rings is 3. The first-order valence-corrected chi connectivity index (χ1v) is 13.2. The Hall–Kier alpha value is -3.18. The van der Waals surface area contributed by atoms with Crippen LogP contribution in [-0.2, 0) is 14.8 Å². The molecule has 0 radical (unpaired) electrons. The summed E-state index contributed by atoms with van der Waals surface area (Å²) >= 11 is 1.15. The first-order valence-electron chi connectivity index (χ1n) is 10.9. The number of aromatic hydroxyl groups is 1. The number of hydrogen-bond donors (Lipinski definition) is 3. The van der Waals surface area contributed by atoms with Gasteiger partial charge in [0.2, 0.25) is 10.0 Å². The zero-order valence-corrected chi connectivity index (χ0v) is 20.5. The number of rotatable bonds is 9. The fourth-order valence-electron chi connectivity index (χ4n) is 3.78. The first-order chi connectivity index (χ1) is 16.7. The van der Waals surface area contributed by atoms with E-state index in [0.717, 1.165) is 11.8 Å². The lowest BCUT2D eigenvalue weighted by Gasteiger charge is -2.21. The molecular formula is C25H24N2O6S2. The monoisotopic (exact) mass is 512 g/mol. The third kappa shape index (κ3) is 4.96. The Labute approximate surface area is 207 Å². The van der Waals surface area contributed by atoms with E-state index in [4.69, 9.17) is 10.5 Å². The van der Waals surface area contributed by atoms with Crippen LogP contribution in [0.5, 0.6) is 5.75 Å². The summed E-state index contributed by atoms with van der Waals surface area (Å²) in [7, 11) is -3.67. The van der Waals surface area contributed by atoms with Crippen LogP contribution < -0.4 is 10.5 Å². The highest BCUT2D eigenvalue weighted by atomic mass is 32.2. The molecule has 0 aromatic heterocycles. The van der Waals surface area contributed by atoms with Crippen molar-refractivity contribution in [2.45, 2.75) is 28.0 Å². The van der Waals surface area contributed by atoms with Crippen molar-refractivity contribution >= 4 is 39.0 Å². The van der Waals surface area contributed by atoms with Gasteiger partial charge in [-0.15, -0.1) is 0 Å². The molecule has 4 rings (SSSR count). The van der Waals surface area contributed by atoms with E-state index in [2.05, 4.69) is 4.72 Å². The van der Waals surface area contributed by atoms with E-state index in [1.807, 2.05) is 6.92 Å². The number of carbonyl (C=O) groups is 2. The van der Waals surface area contributed by atoms with E-state index >= 15 is 0 Å². The van der Waals surface area contributed by atoms with E-state index in [0.29, 0.717) is 29.4 Å². The summed E-state index contributed by atoms with van der Waals surface area (Å²) in [4.78, 5) is 27.1. The lowest BCUT2D eigenvalue weighted by molar-refractivity contribution is 0.0977. The maximum absolute atomic E-state index is 13.1. The molecule has 0 unspecified atom stereocenters. The Morgan fingerprint density at radius 3 is 2.26 bits per heavy atom. The number of ketones is 2. The van der Waals surface area contributed by atoms with Gasteiger partial charge < -0.3 is 15.6 Å². The van der Waals surface area contributed by atoms with Gasteiger partial charge in [0.15, 0.2) is 11.6 Å². The van der Waals surface area contributed by atoms with Gasteiger partial charge in [-0.3, -0.25) is 9.59 Å². The van der Waals surface area contributed by atoms with Crippen molar-refractivity contribution in [1.29, 1.82) is 0 Å². The molecule has 3 aromatic rings. The van der Waals surface area contributed by atoms with E-state index in [-0.39, 0.29) is 45.1 Å². The van der Waals surface area contributed by atoms with Crippen LogP contribution in [0.1, 0.15) is 45.2 Å². The summed E-state index contributed by atoms with van der Waals surface area (Å²) in [6.45, 7) is 3.19. The summed E-state index contributed by atoms with van der Waals surface area (Å²) < 4.78 is 32.7. The number of carbonyl (C=O) groups excluding carboxylic acids is 2. The minimum atomic E-state index is -3.67. The van der Waals surface area contributed by atoms with E-state index in [9.17, 15) is 23.1 Å². The Morgan fingerprint density at radius 2 is 1.63 bits per heavy atom. The van der Waals surface area contributed by atoms with Crippen molar-refractivity contribution in [3.63, 3.8) is 0 Å². The molecule has 182 valence electrons. The number of anilines is 1. The summed E-state index contributed by atoms with van der Waals surface area (Å²) in [5.41, 5.74) is 6.72. The molecule has 0 aliphatic heterocycles. The van der Waals surface area contributed by atoms with Crippen molar-refractivity contribution in [2.24, 2.45) is 0 Å². The molecule has 0 heterocycles. The van der Waals surface area contributed by atoms with Gasteiger partial charge in [-0.1, -0.05) is 36.0 Å². The van der Waals surface area contributed by atoms with Crippen LogP contribution >= 0.6 is 11.8 Å². The predicted molar refractivity (Wildman–Crippen MR) is 133 cm³/mol. The molecule has 10 heteroatoms. The molecule has 1 aliphatic carbocycles. The maximum Gasteiger partial charge on any atom is 0.240 e. The van der Waals surface area contributed by atoms with Gasteiger partial charge in [0, 0.05) is 40.7 Å². The van der Waals surface area contributed by atoms with Crippen LogP contribution in [0.25, 0.3) is 0 Å². The largest absolute Gasteiger partial charge is 0.507 e. The average molecular weight is 513 g/mol. The molecule has 1 aliphatic rings. The Balaban J connectivity index is 1.56. The predicted octanol–water partition coefficient (Wildman–Crippen LogP) is 3.61. The standard InChI is InChI=1S/C25H24N2O6S2/c1-2-33-13-5-12-27-35(31,32)16-10-8-15(9-11-16)34-20-14-19(28)21-22(23(20)26)25(30)18-7-4-3-6-17(18)24(21)29/h3-4,6-11,14,27-28H,2,5,12-13,26H2,1H3. The fraction of sp³-hybridized carbons (Fsp3) is 0.200. The quantitative estimate of drug-likeness (QED) is 0.176. The van der Waals surface area contributed by atoms with Crippen molar-refractivity contribution in [3.05, 3.63) is 76.9 Å². The number of fused-ring (bicyclic) bond motifs is 2. The molecule has 3 aromatic carbocycles. The van der Waals surface area contributed by atoms with Gasteiger partial charge in [0.05, 0.1) is 21.7 Å². The molecule has 0 saturated carbocycles. The van der Waals surface area contributed by atoms with Gasteiger partial charge in [0.1, 0.15) is 5.75 Å². The number of nitrogens with one attached hydrogen (secondary N) is 1. The van der Waals surface area contributed by atoms with Gasteiger partial charge in [0.25, 0.3) is 0 Å². The third-order valence-corrected chi connectivity index (χ3v) is 8.05. The van der Waals surface area contributed by atoms with Crippen LogP contribution in [0.4, 0.5) is 5.69 Å². The fourth-order valence-corrected chi connectivity index (χ4v) is 5.76. The molecular weight excluding hydrogens is 488 g/mol. The second kappa shape index (κ2) is 10.2. The highest BCUT2D eigenvalue weighted by molar-refractivity contribution is 7.99. The number of nitrogens with two attached hydrogens (primary N) is 1. The van der Waals surface area contributed by atoms with Crippen LogP contribution in [0, 0.1) is 0 Å². The number of hydrogen-bond acceptors (Lipinski definition) is 8.